The topological polar surface area (TPSA) is 26.3 Å². The monoisotopic (exact) mass is 226 g/mol. The molecule has 1 saturated heterocycles. The number of fused-ring (bicyclic) bond motifs is 1. The van der Waals surface area contributed by atoms with Gasteiger partial charge < -0.3 is 4.74 Å². The fourth-order valence-electron chi connectivity index (χ4n) is 2.45. The minimum Gasteiger partial charge on any atom is -0.461 e. The molecule has 1 aromatic rings. The molecule has 2 heteroatoms. The van der Waals surface area contributed by atoms with Crippen LogP contribution < -0.4 is 0 Å². The lowest BCUT2D eigenvalue weighted by atomic mass is 9.93. The number of hydrogen-bond acceptors (Lipinski definition) is 2. The molecule has 0 N–H and O–H groups in total. The second-order valence-corrected chi connectivity index (χ2v) is 4.51. The van der Waals surface area contributed by atoms with Crippen LogP contribution in [0, 0.1) is 5.92 Å². The Labute approximate surface area is 101 Å². The molecule has 0 unspecified atom stereocenters. The van der Waals surface area contributed by atoms with Gasteiger partial charge >= 0.3 is 5.97 Å². The minimum atomic E-state index is -0.150. The van der Waals surface area contributed by atoms with Gasteiger partial charge in [-0.05, 0) is 12.0 Å². The smallest absolute Gasteiger partial charge is 0.334 e. The molecule has 1 aromatic carbocycles. The average Bonchev–Trinajstić information content (AvgIpc) is 2.61. The summed E-state index contributed by atoms with van der Waals surface area (Å²) in [6.07, 6.45) is 7.29. The summed E-state index contributed by atoms with van der Waals surface area (Å²) in [6, 6.07) is 10.3. The lowest BCUT2D eigenvalue weighted by molar-refractivity contribution is -0.135. The zero-order chi connectivity index (χ0) is 11.7. The van der Waals surface area contributed by atoms with Crippen molar-refractivity contribution in [2.45, 2.75) is 12.3 Å². The van der Waals surface area contributed by atoms with Crippen LogP contribution in [0.1, 0.15) is 17.9 Å². The summed E-state index contributed by atoms with van der Waals surface area (Å²) in [5.41, 5.74) is 2.08. The van der Waals surface area contributed by atoms with Gasteiger partial charge in [0.2, 0.25) is 0 Å². The van der Waals surface area contributed by atoms with Crippen LogP contribution in [0.3, 0.4) is 0 Å². The third-order valence-electron chi connectivity index (χ3n) is 3.40. The van der Waals surface area contributed by atoms with Crippen molar-refractivity contribution in [2.24, 2.45) is 5.92 Å². The number of ether oxygens (including phenoxy) is 1. The number of carbonyl (C=O) groups is 1. The number of benzene rings is 1. The van der Waals surface area contributed by atoms with Gasteiger partial charge in [-0.15, -0.1) is 0 Å². The van der Waals surface area contributed by atoms with E-state index < -0.39 is 0 Å². The van der Waals surface area contributed by atoms with Crippen molar-refractivity contribution in [3.63, 3.8) is 0 Å². The standard InChI is InChI=1S/C15H14O2/c16-15-14-9-12(11-5-2-1-3-6-11)7-4-8-13(14)10-17-15/h1-6,8-9,12-13H,7,10H2/t12-,13-/m0/s1. The highest BCUT2D eigenvalue weighted by atomic mass is 16.5. The maximum Gasteiger partial charge on any atom is 0.334 e. The molecule has 2 atom stereocenters. The van der Waals surface area contributed by atoms with Crippen LogP contribution in [0.25, 0.3) is 0 Å². The van der Waals surface area contributed by atoms with E-state index in [-0.39, 0.29) is 17.8 Å². The van der Waals surface area contributed by atoms with Gasteiger partial charge in [-0.2, -0.15) is 0 Å². The van der Waals surface area contributed by atoms with E-state index in [1.807, 2.05) is 18.2 Å². The van der Waals surface area contributed by atoms with E-state index in [4.69, 9.17) is 4.74 Å². The van der Waals surface area contributed by atoms with Crippen LogP contribution in [-0.4, -0.2) is 12.6 Å². The predicted molar refractivity (Wildman–Crippen MR) is 65.5 cm³/mol. The van der Waals surface area contributed by atoms with Gasteiger partial charge in [-0.3, -0.25) is 0 Å². The van der Waals surface area contributed by atoms with Crippen LogP contribution in [0.5, 0.6) is 0 Å². The molecular weight excluding hydrogens is 212 g/mol. The quantitative estimate of drug-likeness (QED) is 0.543. The van der Waals surface area contributed by atoms with Crippen LogP contribution in [0.2, 0.25) is 0 Å². The maximum atomic E-state index is 11.6. The lowest BCUT2D eigenvalue weighted by Gasteiger charge is -2.10. The average molecular weight is 226 g/mol. The zero-order valence-electron chi connectivity index (χ0n) is 9.50. The summed E-state index contributed by atoms with van der Waals surface area (Å²) in [6.45, 7) is 0.503. The minimum absolute atomic E-state index is 0.150. The number of hydrogen-bond donors (Lipinski definition) is 0. The van der Waals surface area contributed by atoms with Gasteiger partial charge in [0.25, 0.3) is 0 Å². The van der Waals surface area contributed by atoms with Gasteiger partial charge in [-0.1, -0.05) is 48.6 Å². The van der Waals surface area contributed by atoms with Crippen molar-refractivity contribution >= 4 is 5.97 Å². The van der Waals surface area contributed by atoms with Crippen molar-refractivity contribution in [1.29, 1.82) is 0 Å². The Kier molecular flexibility index (Phi) is 2.56. The normalized spacial score (nSPS) is 27.1. The number of carbonyl (C=O) groups excluding carboxylic acids is 1. The second-order valence-electron chi connectivity index (χ2n) is 4.51. The van der Waals surface area contributed by atoms with Crippen LogP contribution in [0.15, 0.2) is 54.1 Å². The molecule has 2 nitrogen and oxygen atoms in total. The van der Waals surface area contributed by atoms with Crippen molar-refractivity contribution in [2.75, 3.05) is 6.61 Å². The summed E-state index contributed by atoms with van der Waals surface area (Å²) in [5, 5.41) is 0. The highest BCUT2D eigenvalue weighted by molar-refractivity contribution is 5.91. The van der Waals surface area contributed by atoms with Crippen LogP contribution in [0.4, 0.5) is 0 Å². The Morgan fingerprint density at radius 2 is 1.94 bits per heavy atom. The Morgan fingerprint density at radius 1 is 1.12 bits per heavy atom. The first kappa shape index (κ1) is 10.3. The first-order valence-corrected chi connectivity index (χ1v) is 5.95. The fourth-order valence-corrected chi connectivity index (χ4v) is 2.45. The fraction of sp³-hybridized carbons (Fsp3) is 0.267. The highest BCUT2D eigenvalue weighted by Gasteiger charge is 2.30. The summed E-state index contributed by atoms with van der Waals surface area (Å²) in [7, 11) is 0. The predicted octanol–water partition coefficient (Wildman–Crippen LogP) is 2.83. The SMILES string of the molecule is O=C1OC[C@@H]2C=CC[C@H](c3ccccc3)C=C12. The van der Waals surface area contributed by atoms with E-state index in [0.717, 1.165) is 12.0 Å². The Morgan fingerprint density at radius 3 is 2.76 bits per heavy atom. The third kappa shape index (κ3) is 1.91. The summed E-state index contributed by atoms with van der Waals surface area (Å²) >= 11 is 0. The number of cyclic esters (lactones) is 1. The maximum absolute atomic E-state index is 11.6. The van der Waals surface area contributed by atoms with E-state index in [2.05, 4.69) is 30.4 Å². The zero-order valence-corrected chi connectivity index (χ0v) is 9.50. The van der Waals surface area contributed by atoms with Gasteiger partial charge in [-0.25, -0.2) is 4.79 Å². The number of allylic oxidation sites excluding steroid dienone is 2. The van der Waals surface area contributed by atoms with E-state index in [0.29, 0.717) is 6.61 Å². The molecular formula is C15H14O2. The van der Waals surface area contributed by atoms with Crippen molar-refractivity contribution in [3.8, 4) is 0 Å². The number of rotatable bonds is 1. The molecule has 3 rings (SSSR count). The van der Waals surface area contributed by atoms with Crippen molar-refractivity contribution < 1.29 is 9.53 Å². The molecule has 0 bridgehead atoms. The van der Waals surface area contributed by atoms with E-state index in [1.54, 1.807) is 0 Å². The van der Waals surface area contributed by atoms with Crippen molar-refractivity contribution in [3.05, 3.63) is 59.7 Å². The van der Waals surface area contributed by atoms with Gasteiger partial charge in [0.15, 0.2) is 0 Å². The lowest BCUT2D eigenvalue weighted by Crippen LogP contribution is -2.01. The molecule has 0 aromatic heterocycles. The Bertz CT molecular complexity index is 485. The molecule has 0 amide bonds. The van der Waals surface area contributed by atoms with E-state index >= 15 is 0 Å². The second kappa shape index (κ2) is 4.21. The molecule has 1 heterocycles. The largest absolute Gasteiger partial charge is 0.461 e. The Balaban J connectivity index is 1.97. The summed E-state index contributed by atoms with van der Waals surface area (Å²) < 4.78 is 5.08. The molecule has 1 aliphatic heterocycles. The molecule has 1 aliphatic carbocycles. The van der Waals surface area contributed by atoms with Crippen LogP contribution in [-0.2, 0) is 9.53 Å². The molecule has 2 aliphatic rings. The molecule has 86 valence electrons. The number of esters is 1. The van der Waals surface area contributed by atoms with E-state index in [1.165, 1.54) is 5.56 Å². The van der Waals surface area contributed by atoms with Gasteiger partial charge in [0, 0.05) is 17.4 Å². The molecule has 0 spiro atoms. The van der Waals surface area contributed by atoms with Crippen molar-refractivity contribution in [1.82, 2.24) is 0 Å². The summed E-state index contributed by atoms with van der Waals surface area (Å²) in [4.78, 5) is 11.6. The first-order chi connectivity index (χ1) is 8.34. The first-order valence-electron chi connectivity index (χ1n) is 5.95. The summed E-state index contributed by atoms with van der Waals surface area (Å²) in [5.74, 6) is 0.303. The third-order valence-corrected chi connectivity index (χ3v) is 3.40. The molecule has 0 saturated carbocycles. The molecule has 0 radical (unpaired) electrons. The molecule has 17 heavy (non-hydrogen) atoms. The van der Waals surface area contributed by atoms with Crippen LogP contribution >= 0.6 is 0 Å². The van der Waals surface area contributed by atoms with E-state index in [9.17, 15) is 4.79 Å². The highest BCUT2D eigenvalue weighted by Crippen LogP contribution is 2.32. The van der Waals surface area contributed by atoms with Gasteiger partial charge in [0.1, 0.15) is 6.61 Å². The molecule has 1 fully saturated rings. The van der Waals surface area contributed by atoms with Gasteiger partial charge in [0.05, 0.1) is 0 Å². The Hall–Kier alpha value is -1.83.